The molecule has 0 saturated carbocycles. The summed E-state index contributed by atoms with van der Waals surface area (Å²) in [7, 11) is 0. The van der Waals surface area contributed by atoms with Gasteiger partial charge in [-0.05, 0) is 44.4 Å². The lowest BCUT2D eigenvalue weighted by molar-refractivity contribution is 0.572. The molecule has 0 aliphatic carbocycles. The quantitative estimate of drug-likeness (QED) is 0.541. The van der Waals surface area contributed by atoms with Gasteiger partial charge in [0.25, 0.3) is 5.56 Å². The smallest absolute Gasteiger partial charge is 0.267 e. The van der Waals surface area contributed by atoms with Crippen molar-refractivity contribution in [1.82, 2.24) is 9.55 Å². The van der Waals surface area contributed by atoms with E-state index in [4.69, 9.17) is 4.98 Å². The van der Waals surface area contributed by atoms with E-state index in [-0.39, 0.29) is 5.56 Å². The summed E-state index contributed by atoms with van der Waals surface area (Å²) in [6.07, 6.45) is 8.81. The Hall–Kier alpha value is -3.40. The van der Waals surface area contributed by atoms with E-state index in [0.717, 1.165) is 48.6 Å². The van der Waals surface area contributed by atoms with Crippen LogP contribution in [0.25, 0.3) is 23.2 Å². The van der Waals surface area contributed by atoms with Crippen molar-refractivity contribution in [3.05, 3.63) is 94.8 Å². The normalized spacial score (nSPS) is 14.2. The standard InChI is InChI=1S/C26H27N3O/c1-3-4-13-23-25(28-18-9-6-10-19-28)27-24(21-11-7-5-8-12-21)29(26(23)30)22-16-14-20(2)15-17-22/h3-5,7-8,11-17H,1,6,9-10,18-19H2,2H3/b13-4+. The van der Waals surface area contributed by atoms with E-state index in [0.29, 0.717) is 11.4 Å². The number of nitrogens with zero attached hydrogens (tertiary/aromatic N) is 3. The van der Waals surface area contributed by atoms with Gasteiger partial charge in [-0.15, -0.1) is 0 Å². The molecular formula is C26H27N3O. The summed E-state index contributed by atoms with van der Waals surface area (Å²) in [5.74, 6) is 1.43. The molecule has 4 heteroatoms. The third kappa shape index (κ3) is 3.99. The largest absolute Gasteiger partial charge is 0.356 e. The molecule has 4 rings (SSSR count). The summed E-state index contributed by atoms with van der Waals surface area (Å²) in [5, 5.41) is 0. The van der Waals surface area contributed by atoms with Crippen LogP contribution < -0.4 is 10.5 Å². The Bertz CT molecular complexity index is 1110. The number of rotatable bonds is 5. The van der Waals surface area contributed by atoms with Gasteiger partial charge in [-0.3, -0.25) is 9.36 Å². The highest BCUT2D eigenvalue weighted by atomic mass is 16.1. The second-order valence-electron chi connectivity index (χ2n) is 7.66. The highest BCUT2D eigenvalue weighted by molar-refractivity contribution is 5.69. The summed E-state index contributed by atoms with van der Waals surface area (Å²) in [4.78, 5) is 21.2. The predicted molar refractivity (Wildman–Crippen MR) is 125 cm³/mol. The van der Waals surface area contributed by atoms with E-state index in [9.17, 15) is 4.79 Å². The molecule has 0 radical (unpaired) electrons. The van der Waals surface area contributed by atoms with Crippen molar-refractivity contribution < 1.29 is 0 Å². The van der Waals surface area contributed by atoms with Gasteiger partial charge in [0.1, 0.15) is 11.6 Å². The molecule has 1 aliphatic rings. The summed E-state index contributed by atoms with van der Waals surface area (Å²) in [6.45, 7) is 7.66. The van der Waals surface area contributed by atoms with Crippen LogP contribution in [0.2, 0.25) is 0 Å². The summed E-state index contributed by atoms with van der Waals surface area (Å²) >= 11 is 0. The number of hydrogen-bond acceptors (Lipinski definition) is 3. The number of allylic oxidation sites excluding steroid dienone is 2. The van der Waals surface area contributed by atoms with Crippen molar-refractivity contribution in [3.63, 3.8) is 0 Å². The fourth-order valence-electron chi connectivity index (χ4n) is 3.89. The maximum atomic E-state index is 13.8. The van der Waals surface area contributed by atoms with Gasteiger partial charge in [0, 0.05) is 18.7 Å². The lowest BCUT2D eigenvalue weighted by Gasteiger charge is -2.30. The van der Waals surface area contributed by atoms with Gasteiger partial charge in [-0.2, -0.15) is 0 Å². The average molecular weight is 398 g/mol. The molecule has 4 nitrogen and oxygen atoms in total. The molecule has 1 aliphatic heterocycles. The van der Waals surface area contributed by atoms with E-state index < -0.39 is 0 Å². The number of anilines is 1. The Kier molecular flexibility index (Phi) is 5.94. The van der Waals surface area contributed by atoms with Crippen LogP contribution in [0.1, 0.15) is 30.4 Å². The van der Waals surface area contributed by atoms with Gasteiger partial charge in [0.15, 0.2) is 0 Å². The maximum Gasteiger partial charge on any atom is 0.267 e. The van der Waals surface area contributed by atoms with Gasteiger partial charge in [0.2, 0.25) is 0 Å². The van der Waals surface area contributed by atoms with Crippen LogP contribution >= 0.6 is 0 Å². The SMILES string of the molecule is C=C/C=C/c1c(N2CCCCC2)nc(-c2ccccc2)n(-c2ccc(C)cc2)c1=O. The van der Waals surface area contributed by atoms with E-state index in [2.05, 4.69) is 11.5 Å². The minimum Gasteiger partial charge on any atom is -0.356 e. The first kappa shape index (κ1) is 19.9. The molecule has 0 N–H and O–H groups in total. The van der Waals surface area contributed by atoms with E-state index in [1.54, 1.807) is 10.6 Å². The molecule has 152 valence electrons. The molecule has 1 saturated heterocycles. The minimum absolute atomic E-state index is 0.0635. The number of aryl methyl sites for hydroxylation is 1. The first-order chi connectivity index (χ1) is 14.7. The van der Waals surface area contributed by atoms with Crippen molar-refractivity contribution in [2.45, 2.75) is 26.2 Å². The molecule has 3 aromatic rings. The fourth-order valence-corrected chi connectivity index (χ4v) is 3.89. The minimum atomic E-state index is -0.0635. The van der Waals surface area contributed by atoms with Crippen LogP contribution in [0, 0.1) is 6.92 Å². The van der Waals surface area contributed by atoms with Crippen molar-refractivity contribution in [1.29, 1.82) is 0 Å². The second kappa shape index (κ2) is 8.95. The van der Waals surface area contributed by atoms with Gasteiger partial charge in [-0.25, -0.2) is 4.98 Å². The van der Waals surface area contributed by atoms with Crippen LogP contribution in [0.5, 0.6) is 0 Å². The first-order valence-electron chi connectivity index (χ1n) is 10.5. The fraction of sp³-hybridized carbons (Fsp3) is 0.231. The zero-order valence-electron chi connectivity index (χ0n) is 17.4. The molecule has 30 heavy (non-hydrogen) atoms. The summed E-state index contributed by atoms with van der Waals surface area (Å²) < 4.78 is 1.73. The zero-order chi connectivity index (χ0) is 20.9. The average Bonchev–Trinajstić information content (AvgIpc) is 2.80. The van der Waals surface area contributed by atoms with Crippen LogP contribution in [-0.4, -0.2) is 22.6 Å². The lowest BCUT2D eigenvalue weighted by atomic mass is 10.1. The van der Waals surface area contributed by atoms with Crippen molar-refractivity contribution in [3.8, 4) is 17.1 Å². The Morgan fingerprint density at radius 2 is 1.67 bits per heavy atom. The van der Waals surface area contributed by atoms with E-state index in [1.165, 1.54) is 6.42 Å². The Morgan fingerprint density at radius 1 is 0.967 bits per heavy atom. The first-order valence-corrected chi connectivity index (χ1v) is 10.5. The van der Waals surface area contributed by atoms with Crippen molar-refractivity contribution in [2.75, 3.05) is 18.0 Å². The van der Waals surface area contributed by atoms with Crippen LogP contribution in [0.3, 0.4) is 0 Å². The monoisotopic (exact) mass is 397 g/mol. The molecule has 1 aromatic heterocycles. The Balaban J connectivity index is 2.02. The zero-order valence-corrected chi connectivity index (χ0v) is 17.4. The molecule has 2 heterocycles. The van der Waals surface area contributed by atoms with Crippen LogP contribution in [-0.2, 0) is 0 Å². The number of piperidine rings is 1. The third-order valence-electron chi connectivity index (χ3n) is 5.48. The number of hydrogen-bond donors (Lipinski definition) is 0. The Labute approximate surface area is 177 Å². The third-order valence-corrected chi connectivity index (χ3v) is 5.48. The van der Waals surface area contributed by atoms with E-state index in [1.807, 2.05) is 73.7 Å². The number of benzene rings is 2. The molecular weight excluding hydrogens is 370 g/mol. The van der Waals surface area contributed by atoms with Gasteiger partial charge in [-0.1, -0.05) is 66.8 Å². The molecule has 0 amide bonds. The molecule has 2 aromatic carbocycles. The van der Waals surface area contributed by atoms with E-state index >= 15 is 0 Å². The van der Waals surface area contributed by atoms with Crippen LogP contribution in [0.15, 0.2) is 78.1 Å². The highest BCUT2D eigenvalue weighted by Gasteiger charge is 2.22. The van der Waals surface area contributed by atoms with Gasteiger partial charge >= 0.3 is 0 Å². The maximum absolute atomic E-state index is 13.8. The topological polar surface area (TPSA) is 38.1 Å². The molecule has 0 atom stereocenters. The van der Waals surface area contributed by atoms with Crippen molar-refractivity contribution in [2.24, 2.45) is 0 Å². The highest BCUT2D eigenvalue weighted by Crippen LogP contribution is 2.27. The predicted octanol–water partition coefficient (Wildman–Crippen LogP) is 5.40. The van der Waals surface area contributed by atoms with Gasteiger partial charge < -0.3 is 4.90 Å². The lowest BCUT2D eigenvalue weighted by Crippen LogP contribution is -2.34. The Morgan fingerprint density at radius 3 is 2.33 bits per heavy atom. The summed E-state index contributed by atoms with van der Waals surface area (Å²) in [6, 6.07) is 17.9. The number of aromatic nitrogens is 2. The second-order valence-corrected chi connectivity index (χ2v) is 7.66. The molecule has 0 spiro atoms. The molecule has 0 unspecified atom stereocenters. The summed E-state index contributed by atoms with van der Waals surface area (Å²) in [5.41, 5.74) is 3.43. The van der Waals surface area contributed by atoms with Gasteiger partial charge in [0.05, 0.1) is 11.3 Å². The van der Waals surface area contributed by atoms with Crippen LogP contribution in [0.4, 0.5) is 5.82 Å². The molecule has 1 fully saturated rings. The molecule has 0 bridgehead atoms. The van der Waals surface area contributed by atoms with Crippen molar-refractivity contribution >= 4 is 11.9 Å².